The van der Waals surface area contributed by atoms with E-state index in [2.05, 4.69) is 5.32 Å². The molecule has 2 heterocycles. The van der Waals surface area contributed by atoms with Crippen molar-refractivity contribution in [3.8, 4) is 17.2 Å². The molecule has 9 nitrogen and oxygen atoms in total. The van der Waals surface area contributed by atoms with Crippen LogP contribution in [0.1, 0.15) is 23.2 Å². The molecular weight excluding hydrogens is 404 g/mol. The van der Waals surface area contributed by atoms with Crippen molar-refractivity contribution in [3.05, 3.63) is 42.0 Å². The van der Waals surface area contributed by atoms with E-state index in [1.54, 1.807) is 29.2 Å². The van der Waals surface area contributed by atoms with Crippen molar-refractivity contribution in [1.82, 2.24) is 0 Å². The van der Waals surface area contributed by atoms with Crippen molar-refractivity contribution in [3.63, 3.8) is 0 Å². The van der Waals surface area contributed by atoms with Crippen LogP contribution in [0.4, 0.5) is 11.4 Å². The molecule has 2 aliphatic rings. The summed E-state index contributed by atoms with van der Waals surface area (Å²) in [5, 5.41) is 2.71. The van der Waals surface area contributed by atoms with Gasteiger partial charge in [0.05, 0.1) is 24.0 Å². The predicted octanol–water partition coefficient (Wildman–Crippen LogP) is 2.39. The predicted molar refractivity (Wildman–Crippen MR) is 111 cm³/mol. The van der Waals surface area contributed by atoms with E-state index >= 15 is 0 Å². The summed E-state index contributed by atoms with van der Waals surface area (Å²) in [4.78, 5) is 38.6. The first kappa shape index (κ1) is 20.5. The molecule has 1 fully saturated rings. The Kier molecular flexibility index (Phi) is 5.92. The van der Waals surface area contributed by atoms with Crippen molar-refractivity contribution in [2.45, 2.75) is 12.8 Å². The van der Waals surface area contributed by atoms with E-state index in [1.807, 2.05) is 0 Å². The molecule has 1 N–H and O–H groups in total. The van der Waals surface area contributed by atoms with Gasteiger partial charge in [-0.1, -0.05) is 12.1 Å². The van der Waals surface area contributed by atoms with Gasteiger partial charge in [-0.3, -0.25) is 9.59 Å². The van der Waals surface area contributed by atoms with Gasteiger partial charge in [0.2, 0.25) is 11.7 Å². The second-order valence-corrected chi connectivity index (χ2v) is 6.99. The highest BCUT2D eigenvalue weighted by atomic mass is 16.6. The number of ether oxygens (including phenoxy) is 4. The van der Waals surface area contributed by atoms with Crippen LogP contribution in [0.3, 0.4) is 0 Å². The van der Waals surface area contributed by atoms with Crippen LogP contribution in [-0.2, 0) is 14.3 Å². The first-order valence-electron chi connectivity index (χ1n) is 9.91. The molecule has 0 bridgehead atoms. The van der Waals surface area contributed by atoms with Crippen molar-refractivity contribution >= 4 is 29.2 Å². The van der Waals surface area contributed by atoms with Gasteiger partial charge in [0.15, 0.2) is 18.1 Å². The third kappa shape index (κ3) is 4.40. The summed E-state index contributed by atoms with van der Waals surface area (Å²) >= 11 is 0. The summed E-state index contributed by atoms with van der Waals surface area (Å²) in [6.07, 6.45) is 1.26. The van der Waals surface area contributed by atoms with E-state index in [9.17, 15) is 14.4 Å². The van der Waals surface area contributed by atoms with Gasteiger partial charge in [-0.25, -0.2) is 4.79 Å². The molecule has 0 spiro atoms. The monoisotopic (exact) mass is 426 g/mol. The van der Waals surface area contributed by atoms with E-state index in [-0.39, 0.29) is 11.5 Å². The van der Waals surface area contributed by atoms with Gasteiger partial charge in [-0.15, -0.1) is 0 Å². The molecule has 31 heavy (non-hydrogen) atoms. The molecule has 0 atom stereocenters. The Morgan fingerprint density at radius 1 is 1.16 bits per heavy atom. The number of rotatable bonds is 6. The Morgan fingerprint density at radius 3 is 2.74 bits per heavy atom. The van der Waals surface area contributed by atoms with Crippen LogP contribution in [0.2, 0.25) is 0 Å². The first-order valence-corrected chi connectivity index (χ1v) is 9.91. The van der Waals surface area contributed by atoms with Gasteiger partial charge >= 0.3 is 5.97 Å². The number of esters is 1. The van der Waals surface area contributed by atoms with Crippen LogP contribution in [0.25, 0.3) is 0 Å². The van der Waals surface area contributed by atoms with Crippen LogP contribution in [-0.4, -0.2) is 51.3 Å². The molecular formula is C22H22N2O7. The lowest BCUT2D eigenvalue weighted by Gasteiger charge is -2.21. The number of fused-ring (bicyclic) bond motifs is 1. The van der Waals surface area contributed by atoms with E-state index in [4.69, 9.17) is 18.9 Å². The Labute approximate surface area is 178 Å². The summed E-state index contributed by atoms with van der Waals surface area (Å²) in [7, 11) is 1.46. The minimum Gasteiger partial charge on any atom is -0.493 e. The van der Waals surface area contributed by atoms with Gasteiger partial charge in [-0.05, 0) is 30.7 Å². The molecule has 0 unspecified atom stereocenters. The number of nitrogens with zero attached hydrogens (tertiary/aromatic N) is 1. The molecule has 2 aromatic carbocycles. The molecule has 9 heteroatoms. The maximum Gasteiger partial charge on any atom is 0.338 e. The summed E-state index contributed by atoms with van der Waals surface area (Å²) in [6.45, 7) is 0.859. The van der Waals surface area contributed by atoms with Crippen LogP contribution in [0, 0.1) is 0 Å². The lowest BCUT2D eigenvalue weighted by molar-refractivity contribution is -0.119. The largest absolute Gasteiger partial charge is 0.493 e. The number of hydrogen-bond acceptors (Lipinski definition) is 7. The first-order chi connectivity index (χ1) is 15.1. The third-order valence-corrected chi connectivity index (χ3v) is 4.94. The number of para-hydroxylation sites is 2. The van der Waals surface area contributed by atoms with Crippen molar-refractivity contribution in [1.29, 1.82) is 0 Å². The average molecular weight is 426 g/mol. The molecule has 4 rings (SSSR count). The summed E-state index contributed by atoms with van der Waals surface area (Å²) in [5.41, 5.74) is 1.29. The number of hydrogen-bond donors (Lipinski definition) is 1. The zero-order valence-electron chi connectivity index (χ0n) is 17.0. The molecule has 0 aromatic heterocycles. The highest BCUT2D eigenvalue weighted by Gasteiger charge is 2.25. The normalized spacial score (nSPS) is 14.9. The minimum atomic E-state index is -0.701. The molecule has 2 amide bonds. The highest BCUT2D eigenvalue weighted by Crippen LogP contribution is 2.40. The van der Waals surface area contributed by atoms with Gasteiger partial charge in [0, 0.05) is 13.0 Å². The number of methoxy groups -OCH3 is 1. The van der Waals surface area contributed by atoms with Gasteiger partial charge in [0.25, 0.3) is 5.91 Å². The lowest BCUT2D eigenvalue weighted by atomic mass is 10.1. The lowest BCUT2D eigenvalue weighted by Crippen LogP contribution is -2.27. The molecule has 0 saturated carbocycles. The van der Waals surface area contributed by atoms with Crippen molar-refractivity contribution in [2.75, 3.05) is 43.7 Å². The Balaban J connectivity index is 1.41. The zero-order valence-corrected chi connectivity index (χ0v) is 17.0. The van der Waals surface area contributed by atoms with Gasteiger partial charge < -0.3 is 29.2 Å². The fourth-order valence-corrected chi connectivity index (χ4v) is 3.51. The van der Waals surface area contributed by atoms with E-state index in [0.29, 0.717) is 54.8 Å². The van der Waals surface area contributed by atoms with Crippen LogP contribution < -0.4 is 24.4 Å². The fraction of sp³-hybridized carbons (Fsp3) is 0.318. The number of carbonyl (C=O) groups excluding carboxylic acids is 3. The van der Waals surface area contributed by atoms with E-state index in [0.717, 1.165) is 6.42 Å². The topological polar surface area (TPSA) is 103 Å². The number of carbonyl (C=O) groups is 3. The second-order valence-electron chi connectivity index (χ2n) is 6.99. The molecule has 162 valence electrons. The maximum atomic E-state index is 12.5. The SMILES string of the molecule is COc1cc(C(=O)OCC(=O)Nc2ccccc2N2CCCC2=O)cc2c1OCCO2. The van der Waals surface area contributed by atoms with Gasteiger partial charge in [-0.2, -0.15) is 0 Å². The second kappa shape index (κ2) is 8.95. The van der Waals surface area contributed by atoms with Crippen LogP contribution in [0.15, 0.2) is 36.4 Å². The average Bonchev–Trinajstić information content (AvgIpc) is 3.22. The minimum absolute atomic E-state index is 0.0145. The fourth-order valence-electron chi connectivity index (χ4n) is 3.51. The molecule has 0 aliphatic carbocycles. The third-order valence-electron chi connectivity index (χ3n) is 4.94. The Hall–Kier alpha value is -3.75. The summed E-state index contributed by atoms with van der Waals surface area (Å²) in [5.74, 6) is -0.0498. The van der Waals surface area contributed by atoms with Crippen molar-refractivity contribution in [2.24, 2.45) is 0 Å². The Morgan fingerprint density at radius 2 is 1.97 bits per heavy atom. The zero-order chi connectivity index (χ0) is 21.8. The quantitative estimate of drug-likeness (QED) is 0.708. The highest BCUT2D eigenvalue weighted by molar-refractivity contribution is 6.03. The molecule has 2 aromatic rings. The van der Waals surface area contributed by atoms with Crippen LogP contribution in [0.5, 0.6) is 17.2 Å². The number of amides is 2. The van der Waals surface area contributed by atoms with Gasteiger partial charge in [0.1, 0.15) is 13.2 Å². The molecule has 1 saturated heterocycles. The van der Waals surface area contributed by atoms with E-state index in [1.165, 1.54) is 19.2 Å². The molecule has 0 radical (unpaired) electrons. The summed E-state index contributed by atoms with van der Waals surface area (Å²) in [6, 6.07) is 9.99. The molecule has 2 aliphatic heterocycles. The Bertz CT molecular complexity index is 1000. The van der Waals surface area contributed by atoms with Crippen LogP contribution >= 0.6 is 0 Å². The number of nitrogens with one attached hydrogen (secondary N) is 1. The number of benzene rings is 2. The number of anilines is 2. The standard InChI is InChI=1S/C22H22N2O7/c1-28-17-11-14(12-18-21(17)30-10-9-29-18)22(27)31-13-19(25)23-15-5-2-3-6-16(15)24-8-4-7-20(24)26/h2-3,5-6,11-12H,4,7-10,13H2,1H3,(H,23,25). The maximum absolute atomic E-state index is 12.5. The van der Waals surface area contributed by atoms with E-state index < -0.39 is 18.5 Å². The summed E-state index contributed by atoms with van der Waals surface area (Å²) < 4.78 is 21.4. The van der Waals surface area contributed by atoms with Crippen molar-refractivity contribution < 1.29 is 33.3 Å². The smallest absolute Gasteiger partial charge is 0.338 e.